The van der Waals surface area contributed by atoms with E-state index in [1.165, 1.54) is 12.1 Å². The number of halogens is 5. The molecule has 0 aliphatic carbocycles. The minimum Gasteiger partial charge on any atom is -0.505 e. The van der Waals surface area contributed by atoms with Gasteiger partial charge in [-0.25, -0.2) is 9.18 Å². The molecule has 0 saturated carbocycles. The Morgan fingerprint density at radius 1 is 1.13 bits per heavy atom. The molecule has 122 valence electrons. The van der Waals surface area contributed by atoms with Crippen LogP contribution in [0.3, 0.4) is 0 Å². The normalized spacial score (nSPS) is 11.2. The van der Waals surface area contributed by atoms with Crippen molar-refractivity contribution >= 4 is 29.0 Å². The smallest absolute Gasteiger partial charge is 0.417 e. The molecule has 3 N–H and O–H groups in total. The van der Waals surface area contributed by atoms with Gasteiger partial charge in [0.05, 0.1) is 16.3 Å². The van der Waals surface area contributed by atoms with Gasteiger partial charge in [0.1, 0.15) is 0 Å². The summed E-state index contributed by atoms with van der Waals surface area (Å²) in [5, 5.41) is 12.9. The summed E-state index contributed by atoms with van der Waals surface area (Å²) in [6, 6.07) is 5.36. The van der Waals surface area contributed by atoms with E-state index in [9.17, 15) is 27.5 Å². The van der Waals surface area contributed by atoms with E-state index in [1.54, 1.807) is 0 Å². The molecule has 2 amide bonds. The van der Waals surface area contributed by atoms with E-state index in [0.717, 1.165) is 18.2 Å². The molecular weight excluding hydrogens is 340 g/mol. The Morgan fingerprint density at radius 2 is 1.83 bits per heavy atom. The van der Waals surface area contributed by atoms with Crippen LogP contribution in [-0.2, 0) is 6.18 Å². The lowest BCUT2D eigenvalue weighted by atomic mass is 10.2. The summed E-state index contributed by atoms with van der Waals surface area (Å²) in [5.74, 6) is -1.73. The Hall–Kier alpha value is -2.48. The van der Waals surface area contributed by atoms with E-state index in [0.29, 0.717) is 6.07 Å². The van der Waals surface area contributed by atoms with E-state index in [4.69, 9.17) is 11.6 Å². The molecule has 2 aromatic carbocycles. The Kier molecular flexibility index (Phi) is 4.65. The van der Waals surface area contributed by atoms with Crippen molar-refractivity contribution in [3.63, 3.8) is 0 Å². The molecule has 0 heterocycles. The second-order valence-electron chi connectivity index (χ2n) is 4.41. The van der Waals surface area contributed by atoms with Crippen molar-refractivity contribution in [1.82, 2.24) is 0 Å². The molecule has 2 rings (SSSR count). The quantitative estimate of drug-likeness (QED) is 0.679. The van der Waals surface area contributed by atoms with Crippen LogP contribution in [0.5, 0.6) is 5.75 Å². The molecule has 0 unspecified atom stereocenters. The Labute approximate surface area is 132 Å². The van der Waals surface area contributed by atoms with Crippen LogP contribution in [0, 0.1) is 5.82 Å². The first-order valence-electron chi connectivity index (χ1n) is 6.10. The predicted molar refractivity (Wildman–Crippen MR) is 77.2 cm³/mol. The average Bonchev–Trinajstić information content (AvgIpc) is 2.45. The van der Waals surface area contributed by atoms with Gasteiger partial charge in [-0.3, -0.25) is 0 Å². The van der Waals surface area contributed by atoms with Crippen molar-refractivity contribution in [2.24, 2.45) is 0 Å². The van der Waals surface area contributed by atoms with Gasteiger partial charge in [-0.2, -0.15) is 13.2 Å². The molecule has 4 nitrogen and oxygen atoms in total. The summed E-state index contributed by atoms with van der Waals surface area (Å²) in [6.45, 7) is 0. The number of urea groups is 1. The summed E-state index contributed by atoms with van der Waals surface area (Å²) in [4.78, 5) is 11.7. The Bertz CT molecular complexity index is 750. The molecule has 0 fully saturated rings. The lowest BCUT2D eigenvalue weighted by Gasteiger charge is -2.12. The fourth-order valence-electron chi connectivity index (χ4n) is 1.72. The van der Waals surface area contributed by atoms with Crippen LogP contribution in [0.1, 0.15) is 5.56 Å². The maximum absolute atomic E-state index is 13.5. The average molecular weight is 349 g/mol. The number of amides is 2. The van der Waals surface area contributed by atoms with Crippen LogP contribution < -0.4 is 10.6 Å². The van der Waals surface area contributed by atoms with Crippen LogP contribution in [0.4, 0.5) is 33.7 Å². The lowest BCUT2D eigenvalue weighted by molar-refractivity contribution is -0.137. The van der Waals surface area contributed by atoms with Crippen molar-refractivity contribution < 1.29 is 27.5 Å². The third-order valence-corrected chi connectivity index (χ3v) is 3.09. The summed E-state index contributed by atoms with van der Waals surface area (Å²) in [6.07, 6.45) is -4.68. The van der Waals surface area contributed by atoms with Gasteiger partial charge in [-0.1, -0.05) is 17.7 Å². The van der Waals surface area contributed by atoms with E-state index in [1.807, 2.05) is 0 Å². The zero-order valence-corrected chi connectivity index (χ0v) is 12.0. The summed E-state index contributed by atoms with van der Waals surface area (Å²) in [5.41, 5.74) is -1.62. The van der Waals surface area contributed by atoms with Crippen molar-refractivity contribution in [2.45, 2.75) is 6.18 Å². The number of benzene rings is 2. The number of hydrogen-bond donors (Lipinski definition) is 3. The number of alkyl halides is 3. The van der Waals surface area contributed by atoms with Gasteiger partial charge in [0, 0.05) is 5.69 Å². The molecule has 0 spiro atoms. The van der Waals surface area contributed by atoms with Gasteiger partial charge < -0.3 is 15.7 Å². The maximum Gasteiger partial charge on any atom is 0.417 e. The molecular formula is C14H9ClF4N2O2. The zero-order chi connectivity index (χ0) is 17.2. The largest absolute Gasteiger partial charge is 0.505 e. The fraction of sp³-hybridized carbons (Fsp3) is 0.0714. The Balaban J connectivity index is 2.16. The van der Waals surface area contributed by atoms with Gasteiger partial charge in [0.25, 0.3) is 0 Å². The molecule has 0 aliphatic rings. The Morgan fingerprint density at radius 3 is 2.48 bits per heavy atom. The molecule has 0 saturated heterocycles. The molecule has 0 radical (unpaired) electrons. The molecule has 23 heavy (non-hydrogen) atoms. The summed E-state index contributed by atoms with van der Waals surface area (Å²) < 4.78 is 51.7. The topological polar surface area (TPSA) is 61.4 Å². The monoisotopic (exact) mass is 348 g/mol. The van der Waals surface area contributed by atoms with Crippen molar-refractivity contribution in [2.75, 3.05) is 10.6 Å². The summed E-state index contributed by atoms with van der Waals surface area (Å²) in [7, 11) is 0. The zero-order valence-electron chi connectivity index (χ0n) is 11.2. The van der Waals surface area contributed by atoms with E-state index in [2.05, 4.69) is 10.6 Å². The van der Waals surface area contributed by atoms with Crippen LogP contribution >= 0.6 is 11.6 Å². The molecule has 9 heteroatoms. The maximum atomic E-state index is 13.5. The first-order valence-corrected chi connectivity index (χ1v) is 6.48. The highest BCUT2D eigenvalue weighted by Crippen LogP contribution is 2.36. The predicted octanol–water partition coefficient (Wildman–Crippen LogP) is 4.85. The number of nitrogens with one attached hydrogen (secondary N) is 2. The second-order valence-corrected chi connectivity index (χ2v) is 4.82. The lowest BCUT2D eigenvalue weighted by Crippen LogP contribution is -2.20. The van der Waals surface area contributed by atoms with Crippen LogP contribution in [0.15, 0.2) is 36.4 Å². The van der Waals surface area contributed by atoms with Crippen LogP contribution in [0.2, 0.25) is 5.02 Å². The van der Waals surface area contributed by atoms with Crippen molar-refractivity contribution in [3.05, 3.63) is 52.8 Å². The third kappa shape index (κ3) is 4.04. The number of aromatic hydroxyl groups is 1. The van der Waals surface area contributed by atoms with E-state index < -0.39 is 34.4 Å². The van der Waals surface area contributed by atoms with Crippen molar-refractivity contribution in [3.8, 4) is 5.75 Å². The minimum atomic E-state index is -4.68. The number of phenolic OH excluding ortho intramolecular Hbond substituents is 1. The van der Waals surface area contributed by atoms with Gasteiger partial charge in [0.2, 0.25) is 0 Å². The molecule has 0 aromatic heterocycles. The highest BCUT2D eigenvalue weighted by atomic mass is 35.5. The first-order chi connectivity index (χ1) is 10.7. The molecule has 0 aliphatic heterocycles. The standard InChI is InChI=1S/C14H9ClF4N2O2/c15-9-5-4-7(6-8(9)14(17,18)19)20-13(23)21-10-2-1-3-11(22)12(10)16/h1-6,22H,(H2,20,21,23). The first kappa shape index (κ1) is 16.9. The SMILES string of the molecule is O=C(Nc1ccc(Cl)c(C(F)(F)F)c1)Nc1cccc(O)c1F. The molecule has 0 atom stereocenters. The van der Waals surface area contributed by atoms with Gasteiger partial charge in [-0.15, -0.1) is 0 Å². The van der Waals surface area contributed by atoms with Crippen LogP contribution in [-0.4, -0.2) is 11.1 Å². The highest BCUT2D eigenvalue weighted by Gasteiger charge is 2.33. The van der Waals surface area contributed by atoms with Crippen LogP contribution in [0.25, 0.3) is 0 Å². The number of hydrogen-bond acceptors (Lipinski definition) is 2. The minimum absolute atomic E-state index is 0.181. The molecule has 0 bridgehead atoms. The van der Waals surface area contributed by atoms with Crippen molar-refractivity contribution in [1.29, 1.82) is 0 Å². The van der Waals surface area contributed by atoms with Gasteiger partial charge in [0.15, 0.2) is 11.6 Å². The fourth-order valence-corrected chi connectivity index (χ4v) is 1.95. The second kappa shape index (κ2) is 6.33. The van der Waals surface area contributed by atoms with Gasteiger partial charge >= 0.3 is 12.2 Å². The van der Waals surface area contributed by atoms with E-state index >= 15 is 0 Å². The summed E-state index contributed by atoms with van der Waals surface area (Å²) >= 11 is 5.46. The van der Waals surface area contributed by atoms with E-state index in [-0.39, 0.29) is 11.4 Å². The number of anilines is 2. The third-order valence-electron chi connectivity index (χ3n) is 2.76. The number of phenols is 1. The number of rotatable bonds is 2. The number of carbonyl (C=O) groups is 1. The van der Waals surface area contributed by atoms with Gasteiger partial charge in [-0.05, 0) is 30.3 Å². The highest BCUT2D eigenvalue weighted by molar-refractivity contribution is 6.31. The molecule has 2 aromatic rings. The number of carbonyl (C=O) groups excluding carboxylic acids is 1.